The van der Waals surface area contributed by atoms with Crippen LogP contribution in [0.15, 0.2) is 48.5 Å². The summed E-state index contributed by atoms with van der Waals surface area (Å²) in [5.41, 5.74) is 2.32. The van der Waals surface area contributed by atoms with Gasteiger partial charge in [-0.1, -0.05) is 62.8 Å². The molecule has 0 aliphatic carbocycles. The third-order valence-electron chi connectivity index (χ3n) is 7.19. The molecule has 0 spiro atoms. The third-order valence-corrected chi connectivity index (χ3v) is 10.3. The number of hydrogen-bond acceptors (Lipinski definition) is 7. The highest BCUT2D eigenvalue weighted by Gasteiger charge is 2.39. The first kappa shape index (κ1) is 34.5. The molecule has 42 heavy (non-hydrogen) atoms. The van der Waals surface area contributed by atoms with Crippen molar-refractivity contribution >= 4 is 8.80 Å². The van der Waals surface area contributed by atoms with Crippen LogP contribution in [0, 0.1) is 0 Å². The molecule has 236 valence electrons. The van der Waals surface area contributed by atoms with Gasteiger partial charge in [-0.05, 0) is 75.4 Å². The van der Waals surface area contributed by atoms with Gasteiger partial charge in [-0.25, -0.2) is 0 Å². The molecule has 1 atom stereocenters. The second-order valence-electron chi connectivity index (χ2n) is 10.7. The van der Waals surface area contributed by atoms with Crippen molar-refractivity contribution in [2.24, 2.45) is 0 Å². The molecule has 3 rings (SSSR count). The van der Waals surface area contributed by atoms with E-state index in [0.717, 1.165) is 62.4 Å². The molecule has 1 heterocycles. The minimum absolute atomic E-state index is 0.386. The van der Waals surface area contributed by atoms with E-state index in [9.17, 15) is 0 Å². The second kappa shape index (κ2) is 20.9. The molecule has 0 aromatic heterocycles. The summed E-state index contributed by atoms with van der Waals surface area (Å²) in [6, 6.07) is 17.4. The first-order valence-corrected chi connectivity index (χ1v) is 18.2. The van der Waals surface area contributed by atoms with Gasteiger partial charge in [0.05, 0.1) is 26.4 Å². The van der Waals surface area contributed by atoms with Crippen LogP contribution in [0.25, 0.3) is 11.1 Å². The van der Waals surface area contributed by atoms with Crippen LogP contribution in [0.3, 0.4) is 0 Å². The number of unbranched alkanes of at least 4 members (excludes halogenated alkanes) is 7. The Morgan fingerprint density at radius 2 is 1.02 bits per heavy atom. The van der Waals surface area contributed by atoms with Crippen LogP contribution in [-0.2, 0) is 22.8 Å². The highest BCUT2D eigenvalue weighted by atomic mass is 28.4. The average molecular weight is 603 g/mol. The van der Waals surface area contributed by atoms with E-state index >= 15 is 0 Å². The normalized spacial score (nSPS) is 14.7. The lowest BCUT2D eigenvalue weighted by Gasteiger charge is -2.28. The van der Waals surface area contributed by atoms with Crippen molar-refractivity contribution in [3.05, 3.63) is 48.5 Å². The zero-order valence-corrected chi connectivity index (χ0v) is 27.3. The van der Waals surface area contributed by atoms with E-state index in [4.69, 9.17) is 32.2 Å². The highest BCUT2D eigenvalue weighted by molar-refractivity contribution is 6.60. The Kier molecular flexibility index (Phi) is 17.2. The molecule has 0 N–H and O–H groups in total. The van der Waals surface area contributed by atoms with E-state index < -0.39 is 8.80 Å². The van der Waals surface area contributed by atoms with Gasteiger partial charge in [0.1, 0.15) is 17.6 Å². The van der Waals surface area contributed by atoms with Gasteiger partial charge in [0.25, 0.3) is 0 Å². The summed E-state index contributed by atoms with van der Waals surface area (Å²) in [5.74, 6) is 1.79. The topological polar surface area (TPSA) is 67.9 Å². The summed E-state index contributed by atoms with van der Waals surface area (Å²) in [6.07, 6.45) is 11.2. The standard InChI is InChI=1S/C34H54O7Si/c1-4-39-42(40-5-2,41-6-3)27-15-26-37-33-22-18-31(19-23-33)30-16-20-32(21-17-30)36-25-14-12-10-8-7-9-11-13-24-35-28-34-29-38-34/h16-23,34H,4-15,24-29H2,1-3H3. The molecule has 2 aromatic rings. The maximum atomic E-state index is 5.99. The van der Waals surface area contributed by atoms with Gasteiger partial charge in [-0.15, -0.1) is 0 Å². The van der Waals surface area contributed by atoms with E-state index in [1.807, 2.05) is 32.9 Å². The maximum Gasteiger partial charge on any atom is 0.501 e. The Hall–Kier alpha value is -1.94. The smallest absolute Gasteiger partial charge is 0.494 e. The first-order valence-electron chi connectivity index (χ1n) is 16.2. The van der Waals surface area contributed by atoms with Gasteiger partial charge in [0.2, 0.25) is 0 Å². The quantitative estimate of drug-likeness (QED) is 0.0612. The fraction of sp³-hybridized carbons (Fsp3) is 0.647. The van der Waals surface area contributed by atoms with Crippen molar-refractivity contribution in [2.75, 3.05) is 52.9 Å². The van der Waals surface area contributed by atoms with Crippen molar-refractivity contribution in [3.8, 4) is 22.6 Å². The van der Waals surface area contributed by atoms with Crippen LogP contribution in [-0.4, -0.2) is 67.8 Å². The SMILES string of the molecule is CCO[Si](CCCOc1ccc(-c2ccc(OCCCCCCCCCCOCC3CO3)cc2)cc1)(OCC)OCC. The van der Waals surface area contributed by atoms with Gasteiger partial charge in [-0.2, -0.15) is 0 Å². The first-order chi connectivity index (χ1) is 20.7. The van der Waals surface area contributed by atoms with E-state index in [-0.39, 0.29) is 0 Å². The fourth-order valence-electron chi connectivity index (χ4n) is 4.90. The van der Waals surface area contributed by atoms with Crippen molar-refractivity contribution in [2.45, 2.75) is 90.7 Å². The molecule has 0 amide bonds. The molecule has 0 radical (unpaired) electrons. The minimum Gasteiger partial charge on any atom is -0.494 e. The van der Waals surface area contributed by atoms with Crippen LogP contribution < -0.4 is 9.47 Å². The van der Waals surface area contributed by atoms with Crippen LogP contribution >= 0.6 is 0 Å². The molecule has 7 nitrogen and oxygen atoms in total. The van der Waals surface area contributed by atoms with E-state index in [1.165, 1.54) is 50.5 Å². The second-order valence-corrected chi connectivity index (χ2v) is 13.4. The predicted octanol–water partition coefficient (Wildman–Crippen LogP) is 8.09. The van der Waals surface area contributed by atoms with Crippen molar-refractivity contribution in [1.82, 2.24) is 0 Å². The largest absolute Gasteiger partial charge is 0.501 e. The van der Waals surface area contributed by atoms with E-state index in [0.29, 0.717) is 32.5 Å². The molecule has 0 saturated carbocycles. The van der Waals surface area contributed by atoms with Gasteiger partial charge in [0.15, 0.2) is 0 Å². The molecule has 0 bridgehead atoms. The lowest BCUT2D eigenvalue weighted by atomic mass is 10.1. The van der Waals surface area contributed by atoms with E-state index in [1.54, 1.807) is 0 Å². The predicted molar refractivity (Wildman–Crippen MR) is 170 cm³/mol. The van der Waals surface area contributed by atoms with Gasteiger partial charge < -0.3 is 32.2 Å². The molecular weight excluding hydrogens is 548 g/mol. The van der Waals surface area contributed by atoms with Crippen LogP contribution in [0.2, 0.25) is 6.04 Å². The Labute approximate surface area is 255 Å². The Morgan fingerprint density at radius 1 is 0.595 bits per heavy atom. The monoisotopic (exact) mass is 602 g/mol. The Balaban J connectivity index is 1.24. The maximum absolute atomic E-state index is 5.99. The molecule has 1 aliphatic rings. The van der Waals surface area contributed by atoms with Gasteiger partial charge in [-0.3, -0.25) is 0 Å². The zero-order chi connectivity index (χ0) is 29.7. The molecule has 1 fully saturated rings. The van der Waals surface area contributed by atoms with Crippen LogP contribution in [0.5, 0.6) is 11.5 Å². The summed E-state index contributed by atoms with van der Waals surface area (Å²) >= 11 is 0. The summed E-state index contributed by atoms with van der Waals surface area (Å²) in [6.45, 7) is 11.6. The zero-order valence-electron chi connectivity index (χ0n) is 26.3. The lowest BCUT2D eigenvalue weighted by molar-refractivity contribution is 0.0696. The third kappa shape index (κ3) is 14.0. The van der Waals surface area contributed by atoms with Crippen LogP contribution in [0.4, 0.5) is 0 Å². The van der Waals surface area contributed by atoms with Crippen molar-refractivity contribution < 1.29 is 32.2 Å². The number of epoxide rings is 1. The molecule has 1 unspecified atom stereocenters. The number of hydrogen-bond donors (Lipinski definition) is 0. The Bertz CT molecular complexity index is 917. The number of ether oxygens (including phenoxy) is 4. The van der Waals surface area contributed by atoms with Crippen molar-refractivity contribution in [3.63, 3.8) is 0 Å². The molecular formula is C34H54O7Si. The summed E-state index contributed by atoms with van der Waals surface area (Å²) in [5, 5.41) is 0. The average Bonchev–Trinajstić information content (AvgIpc) is 3.83. The summed E-state index contributed by atoms with van der Waals surface area (Å²) in [4.78, 5) is 0. The minimum atomic E-state index is -2.61. The highest BCUT2D eigenvalue weighted by Crippen LogP contribution is 2.25. The number of benzene rings is 2. The molecule has 1 saturated heterocycles. The van der Waals surface area contributed by atoms with Crippen molar-refractivity contribution in [1.29, 1.82) is 0 Å². The molecule has 8 heteroatoms. The van der Waals surface area contributed by atoms with Gasteiger partial charge >= 0.3 is 8.80 Å². The Morgan fingerprint density at radius 3 is 1.48 bits per heavy atom. The molecule has 2 aromatic carbocycles. The fourth-order valence-corrected chi connectivity index (χ4v) is 7.48. The lowest BCUT2D eigenvalue weighted by Crippen LogP contribution is -2.46. The number of rotatable bonds is 26. The summed E-state index contributed by atoms with van der Waals surface area (Å²) in [7, 11) is -2.61. The van der Waals surface area contributed by atoms with Gasteiger partial charge in [0, 0.05) is 32.5 Å². The molecule has 1 aliphatic heterocycles. The van der Waals surface area contributed by atoms with E-state index in [2.05, 4.69) is 36.4 Å². The summed E-state index contributed by atoms with van der Waals surface area (Å²) < 4.78 is 40.5. The van der Waals surface area contributed by atoms with Crippen LogP contribution in [0.1, 0.15) is 78.6 Å².